The van der Waals surface area contributed by atoms with E-state index in [4.69, 9.17) is 8.83 Å². The standard InChI is InChI=1S/C22H21N3O3S/c1-13-8-9-16(14(2)12-13)23-21(26)15(3)29-22-24-19(17-6-4-10-27-17)20(25-22)18-7-5-11-28-18/h4-12,15H,1-3H3,(H,23,26)(H,24,25). The minimum absolute atomic E-state index is 0.0857. The molecule has 1 unspecified atom stereocenters. The van der Waals surface area contributed by atoms with Gasteiger partial charge in [-0.2, -0.15) is 0 Å². The maximum absolute atomic E-state index is 12.7. The summed E-state index contributed by atoms with van der Waals surface area (Å²) in [7, 11) is 0. The molecule has 29 heavy (non-hydrogen) atoms. The zero-order valence-electron chi connectivity index (χ0n) is 16.4. The number of rotatable bonds is 6. The number of anilines is 1. The van der Waals surface area contributed by atoms with E-state index in [9.17, 15) is 4.79 Å². The minimum atomic E-state index is -0.351. The van der Waals surface area contributed by atoms with Crippen molar-refractivity contribution in [1.29, 1.82) is 0 Å². The van der Waals surface area contributed by atoms with Gasteiger partial charge in [-0.15, -0.1) is 0 Å². The van der Waals surface area contributed by atoms with Crippen LogP contribution in [0.2, 0.25) is 0 Å². The summed E-state index contributed by atoms with van der Waals surface area (Å²) in [5.74, 6) is 1.20. The van der Waals surface area contributed by atoms with E-state index in [0.29, 0.717) is 22.4 Å². The second-order valence-corrected chi connectivity index (χ2v) is 8.12. The first-order chi connectivity index (χ1) is 14.0. The maximum atomic E-state index is 12.7. The average molecular weight is 407 g/mol. The quantitative estimate of drug-likeness (QED) is 0.403. The second-order valence-electron chi connectivity index (χ2n) is 6.79. The summed E-state index contributed by atoms with van der Waals surface area (Å²) in [5.41, 5.74) is 4.38. The summed E-state index contributed by atoms with van der Waals surface area (Å²) in [6, 6.07) is 13.3. The SMILES string of the molecule is Cc1ccc(NC(=O)C(C)Sc2nc(-c3ccco3)c(-c3ccco3)[nH]2)c(C)c1. The van der Waals surface area contributed by atoms with Gasteiger partial charge in [0.05, 0.1) is 17.8 Å². The molecule has 0 aliphatic rings. The fraction of sp³-hybridized carbons (Fsp3) is 0.182. The number of furan rings is 2. The molecule has 0 bridgehead atoms. The van der Waals surface area contributed by atoms with E-state index in [0.717, 1.165) is 22.5 Å². The number of hydrogen-bond acceptors (Lipinski definition) is 5. The van der Waals surface area contributed by atoms with Crippen molar-refractivity contribution in [3.8, 4) is 22.9 Å². The Morgan fingerprint density at radius 1 is 1.10 bits per heavy atom. The third kappa shape index (κ3) is 4.14. The summed E-state index contributed by atoms with van der Waals surface area (Å²) in [6.45, 7) is 5.87. The molecular formula is C22H21N3O3S. The highest BCUT2D eigenvalue weighted by atomic mass is 32.2. The van der Waals surface area contributed by atoms with Crippen LogP contribution in [0.25, 0.3) is 22.9 Å². The Morgan fingerprint density at radius 2 is 1.83 bits per heavy atom. The first-order valence-corrected chi connectivity index (χ1v) is 10.1. The number of amides is 1. The third-order valence-corrected chi connectivity index (χ3v) is 5.49. The van der Waals surface area contributed by atoms with Crippen LogP contribution in [0, 0.1) is 13.8 Å². The Bertz CT molecular complexity index is 1060. The molecule has 0 saturated carbocycles. The van der Waals surface area contributed by atoms with Crippen molar-refractivity contribution in [3.05, 3.63) is 66.1 Å². The van der Waals surface area contributed by atoms with Crippen LogP contribution in [-0.2, 0) is 4.79 Å². The number of carbonyl (C=O) groups is 1. The van der Waals surface area contributed by atoms with Gasteiger partial charge in [0.25, 0.3) is 0 Å². The van der Waals surface area contributed by atoms with Gasteiger partial charge in [-0.25, -0.2) is 4.98 Å². The van der Waals surface area contributed by atoms with Crippen LogP contribution in [-0.4, -0.2) is 21.1 Å². The van der Waals surface area contributed by atoms with E-state index < -0.39 is 0 Å². The zero-order chi connectivity index (χ0) is 20.4. The number of nitrogens with one attached hydrogen (secondary N) is 2. The first-order valence-electron chi connectivity index (χ1n) is 9.24. The molecule has 0 aliphatic carbocycles. The molecule has 0 aliphatic heterocycles. The van der Waals surface area contributed by atoms with Crippen molar-refractivity contribution < 1.29 is 13.6 Å². The van der Waals surface area contributed by atoms with Crippen LogP contribution in [0.15, 0.2) is 69.0 Å². The van der Waals surface area contributed by atoms with Crippen LogP contribution in [0.4, 0.5) is 5.69 Å². The number of aromatic nitrogens is 2. The van der Waals surface area contributed by atoms with Crippen LogP contribution >= 0.6 is 11.8 Å². The van der Waals surface area contributed by atoms with Crippen molar-refractivity contribution in [2.75, 3.05) is 5.32 Å². The van der Waals surface area contributed by atoms with E-state index in [2.05, 4.69) is 15.3 Å². The lowest BCUT2D eigenvalue weighted by Crippen LogP contribution is -2.23. The Morgan fingerprint density at radius 3 is 2.48 bits per heavy atom. The number of carbonyl (C=O) groups excluding carboxylic acids is 1. The molecule has 6 nitrogen and oxygen atoms in total. The van der Waals surface area contributed by atoms with Crippen molar-refractivity contribution in [2.45, 2.75) is 31.2 Å². The largest absolute Gasteiger partial charge is 0.463 e. The lowest BCUT2D eigenvalue weighted by Gasteiger charge is -2.13. The molecule has 148 valence electrons. The zero-order valence-corrected chi connectivity index (χ0v) is 17.2. The van der Waals surface area contributed by atoms with E-state index in [1.165, 1.54) is 11.8 Å². The average Bonchev–Trinajstić information content (AvgIpc) is 3.44. The highest BCUT2D eigenvalue weighted by Gasteiger charge is 2.22. The topological polar surface area (TPSA) is 84.1 Å². The normalized spacial score (nSPS) is 12.1. The van der Waals surface area contributed by atoms with Gasteiger partial charge in [-0.05, 0) is 56.7 Å². The van der Waals surface area contributed by atoms with Crippen LogP contribution in [0.5, 0.6) is 0 Å². The predicted molar refractivity (Wildman–Crippen MR) is 114 cm³/mol. The molecular weight excluding hydrogens is 386 g/mol. The van der Waals surface area contributed by atoms with Gasteiger partial charge in [0.2, 0.25) is 5.91 Å². The second kappa shape index (κ2) is 8.05. The van der Waals surface area contributed by atoms with Crippen molar-refractivity contribution in [2.24, 2.45) is 0 Å². The molecule has 0 spiro atoms. The number of nitrogens with zero attached hydrogens (tertiary/aromatic N) is 1. The molecule has 3 heterocycles. The minimum Gasteiger partial charge on any atom is -0.463 e. The number of benzene rings is 1. The summed E-state index contributed by atoms with van der Waals surface area (Å²) < 4.78 is 11.0. The summed E-state index contributed by atoms with van der Waals surface area (Å²) in [6.07, 6.45) is 3.21. The highest BCUT2D eigenvalue weighted by Crippen LogP contribution is 2.34. The first kappa shape index (κ1) is 19.1. The number of H-pyrrole nitrogens is 1. The lowest BCUT2D eigenvalue weighted by atomic mass is 10.1. The van der Waals surface area contributed by atoms with Crippen LogP contribution < -0.4 is 5.32 Å². The molecule has 4 rings (SSSR count). The number of aryl methyl sites for hydroxylation is 2. The molecule has 3 aromatic heterocycles. The van der Waals surface area contributed by atoms with Gasteiger partial charge in [-0.3, -0.25) is 4.79 Å². The van der Waals surface area contributed by atoms with Gasteiger partial charge >= 0.3 is 0 Å². The summed E-state index contributed by atoms with van der Waals surface area (Å²) >= 11 is 1.35. The number of imidazole rings is 1. The van der Waals surface area contributed by atoms with E-state index in [-0.39, 0.29) is 11.2 Å². The summed E-state index contributed by atoms with van der Waals surface area (Å²) in [4.78, 5) is 20.6. The van der Waals surface area contributed by atoms with Crippen molar-refractivity contribution in [1.82, 2.24) is 9.97 Å². The van der Waals surface area contributed by atoms with E-state index in [1.54, 1.807) is 12.5 Å². The molecule has 0 fully saturated rings. The smallest absolute Gasteiger partial charge is 0.237 e. The summed E-state index contributed by atoms with van der Waals surface area (Å²) in [5, 5.41) is 3.26. The van der Waals surface area contributed by atoms with E-state index in [1.807, 2.05) is 63.2 Å². The molecule has 1 aromatic carbocycles. The van der Waals surface area contributed by atoms with Gasteiger partial charge in [0.1, 0.15) is 11.4 Å². The van der Waals surface area contributed by atoms with E-state index >= 15 is 0 Å². The molecule has 1 amide bonds. The Labute approximate surface area is 172 Å². The maximum Gasteiger partial charge on any atom is 0.237 e. The fourth-order valence-corrected chi connectivity index (χ4v) is 3.81. The molecule has 0 saturated heterocycles. The van der Waals surface area contributed by atoms with Crippen LogP contribution in [0.1, 0.15) is 18.1 Å². The lowest BCUT2D eigenvalue weighted by molar-refractivity contribution is -0.115. The molecule has 0 radical (unpaired) electrons. The Hall–Kier alpha value is -3.19. The van der Waals surface area contributed by atoms with Gasteiger partial charge in [-0.1, -0.05) is 29.5 Å². The monoisotopic (exact) mass is 407 g/mol. The van der Waals surface area contributed by atoms with Crippen molar-refractivity contribution in [3.63, 3.8) is 0 Å². The fourth-order valence-electron chi connectivity index (χ4n) is 3.01. The van der Waals surface area contributed by atoms with Gasteiger partial charge in [0, 0.05) is 5.69 Å². The molecule has 1 atom stereocenters. The molecule has 2 N–H and O–H groups in total. The molecule has 4 aromatic rings. The van der Waals surface area contributed by atoms with Gasteiger partial charge in [0.15, 0.2) is 16.7 Å². The number of aromatic amines is 1. The Balaban J connectivity index is 1.54. The van der Waals surface area contributed by atoms with Crippen LogP contribution in [0.3, 0.4) is 0 Å². The number of thioether (sulfide) groups is 1. The third-order valence-electron chi connectivity index (χ3n) is 4.50. The highest BCUT2D eigenvalue weighted by molar-refractivity contribution is 8.00. The number of hydrogen-bond donors (Lipinski definition) is 2. The predicted octanol–water partition coefficient (Wildman–Crippen LogP) is 5.67. The van der Waals surface area contributed by atoms with Gasteiger partial charge < -0.3 is 19.1 Å². The van der Waals surface area contributed by atoms with Crippen molar-refractivity contribution >= 4 is 23.4 Å². The molecule has 7 heteroatoms. The Kier molecular flexibility index (Phi) is 5.31.